The summed E-state index contributed by atoms with van der Waals surface area (Å²) in [7, 11) is 1.66. The molecular weight excluding hydrogens is 268 g/mol. The lowest BCUT2D eigenvalue weighted by atomic mass is 10.1. The molecule has 0 aliphatic carbocycles. The predicted molar refractivity (Wildman–Crippen MR) is 82.1 cm³/mol. The van der Waals surface area contributed by atoms with E-state index in [2.05, 4.69) is 5.32 Å². The van der Waals surface area contributed by atoms with E-state index in [0.29, 0.717) is 0 Å². The summed E-state index contributed by atoms with van der Waals surface area (Å²) >= 11 is 0. The molecule has 0 radical (unpaired) electrons. The number of carbonyl (C=O) groups excluding carboxylic acids is 2. The lowest BCUT2D eigenvalue weighted by Crippen LogP contribution is -2.46. The van der Waals surface area contributed by atoms with E-state index in [0.717, 1.165) is 12.0 Å². The van der Waals surface area contributed by atoms with Gasteiger partial charge in [-0.15, -0.1) is 0 Å². The molecule has 116 valence electrons. The molecule has 0 heterocycles. The fraction of sp³-hybridized carbons (Fsp3) is 0.500. The highest BCUT2D eigenvalue weighted by Gasteiger charge is 2.22. The van der Waals surface area contributed by atoms with Crippen molar-refractivity contribution in [3.63, 3.8) is 0 Å². The first-order valence-corrected chi connectivity index (χ1v) is 7.00. The number of hydrogen-bond acceptors (Lipinski definition) is 3. The van der Waals surface area contributed by atoms with Crippen LogP contribution in [0, 0.1) is 0 Å². The molecule has 0 fully saturated rings. The molecule has 0 aliphatic rings. The van der Waals surface area contributed by atoms with Crippen LogP contribution in [0.15, 0.2) is 30.3 Å². The summed E-state index contributed by atoms with van der Waals surface area (Å²) in [6.07, 6.45) is -0.00901. The van der Waals surface area contributed by atoms with Gasteiger partial charge >= 0.3 is 12.1 Å². The normalized spacial score (nSPS) is 12.4. The summed E-state index contributed by atoms with van der Waals surface area (Å²) in [5, 5.41) is 2.23. The number of urea groups is 1. The highest BCUT2D eigenvalue weighted by atomic mass is 16.6. The Bertz CT molecular complexity index is 480. The van der Waals surface area contributed by atoms with Gasteiger partial charge in [0.25, 0.3) is 0 Å². The Kier molecular flexibility index (Phi) is 5.76. The van der Waals surface area contributed by atoms with Crippen LogP contribution in [0.3, 0.4) is 0 Å². The number of alkyl carbamates (subject to hydrolysis) is 1. The van der Waals surface area contributed by atoms with Gasteiger partial charge in [-0.2, -0.15) is 0 Å². The van der Waals surface area contributed by atoms with Gasteiger partial charge in [-0.05, 0) is 39.7 Å². The van der Waals surface area contributed by atoms with Crippen LogP contribution in [0.4, 0.5) is 9.59 Å². The zero-order valence-electron chi connectivity index (χ0n) is 13.3. The molecule has 0 saturated heterocycles. The SMILES string of the molecule is C[C@H](Cc1ccccc1)N(C)C(=O)NC(=O)OC(C)(C)C. The Hall–Kier alpha value is -2.04. The van der Waals surface area contributed by atoms with Gasteiger partial charge in [0.1, 0.15) is 5.60 Å². The molecule has 5 heteroatoms. The minimum Gasteiger partial charge on any atom is -0.443 e. The molecule has 0 saturated carbocycles. The van der Waals surface area contributed by atoms with Crippen LogP contribution in [0.5, 0.6) is 0 Å². The second-order valence-corrected chi connectivity index (χ2v) is 6.08. The number of rotatable bonds is 3. The van der Waals surface area contributed by atoms with E-state index in [4.69, 9.17) is 4.74 Å². The molecule has 3 amide bonds. The number of nitrogens with zero attached hydrogens (tertiary/aromatic N) is 1. The van der Waals surface area contributed by atoms with Crippen molar-refractivity contribution in [2.45, 2.75) is 45.8 Å². The van der Waals surface area contributed by atoms with Gasteiger partial charge in [0.15, 0.2) is 0 Å². The maximum absolute atomic E-state index is 12.0. The third-order valence-corrected chi connectivity index (χ3v) is 2.96. The molecule has 0 spiro atoms. The molecule has 5 nitrogen and oxygen atoms in total. The van der Waals surface area contributed by atoms with E-state index < -0.39 is 17.7 Å². The maximum atomic E-state index is 12.0. The summed E-state index contributed by atoms with van der Waals surface area (Å²) in [6, 6.07) is 9.40. The molecule has 1 N–H and O–H groups in total. The lowest BCUT2D eigenvalue weighted by molar-refractivity contribution is 0.0534. The monoisotopic (exact) mass is 292 g/mol. The number of nitrogens with one attached hydrogen (secondary N) is 1. The first-order chi connectivity index (χ1) is 9.69. The topological polar surface area (TPSA) is 58.6 Å². The minimum atomic E-state index is -0.730. The minimum absolute atomic E-state index is 0.0326. The van der Waals surface area contributed by atoms with Gasteiger partial charge in [0.2, 0.25) is 0 Å². The number of carbonyl (C=O) groups is 2. The van der Waals surface area contributed by atoms with Gasteiger partial charge in [-0.1, -0.05) is 30.3 Å². The van der Waals surface area contributed by atoms with Crippen LogP contribution in [0.1, 0.15) is 33.3 Å². The van der Waals surface area contributed by atoms with E-state index in [1.165, 1.54) is 4.90 Å². The molecular formula is C16H24N2O3. The lowest BCUT2D eigenvalue weighted by Gasteiger charge is -2.26. The molecule has 21 heavy (non-hydrogen) atoms. The van der Waals surface area contributed by atoms with Crippen LogP contribution < -0.4 is 5.32 Å². The Morgan fingerprint density at radius 2 is 1.81 bits per heavy atom. The average molecular weight is 292 g/mol. The van der Waals surface area contributed by atoms with Crippen molar-refractivity contribution in [1.29, 1.82) is 0 Å². The first kappa shape index (κ1) is 17.0. The number of likely N-dealkylation sites (N-methyl/N-ethyl adjacent to an activating group) is 1. The van der Waals surface area contributed by atoms with E-state index in [1.807, 2.05) is 37.3 Å². The van der Waals surface area contributed by atoms with Crippen LogP contribution in [0.25, 0.3) is 0 Å². The van der Waals surface area contributed by atoms with E-state index in [-0.39, 0.29) is 6.04 Å². The summed E-state index contributed by atoms with van der Waals surface area (Å²) in [6.45, 7) is 7.18. The zero-order chi connectivity index (χ0) is 16.0. The fourth-order valence-corrected chi connectivity index (χ4v) is 1.77. The van der Waals surface area contributed by atoms with Crippen molar-refractivity contribution in [3.8, 4) is 0 Å². The highest BCUT2D eigenvalue weighted by Crippen LogP contribution is 2.09. The largest absolute Gasteiger partial charge is 0.443 e. The second kappa shape index (κ2) is 7.11. The number of hydrogen-bond donors (Lipinski definition) is 1. The van der Waals surface area contributed by atoms with Crippen molar-refractivity contribution >= 4 is 12.1 Å². The van der Waals surface area contributed by atoms with Crippen LogP contribution in [0.2, 0.25) is 0 Å². The van der Waals surface area contributed by atoms with Crippen LogP contribution >= 0.6 is 0 Å². The van der Waals surface area contributed by atoms with Gasteiger partial charge in [0.05, 0.1) is 0 Å². The van der Waals surface area contributed by atoms with Crippen molar-refractivity contribution < 1.29 is 14.3 Å². The molecule has 0 aromatic heterocycles. The van der Waals surface area contributed by atoms with Crippen LogP contribution in [-0.4, -0.2) is 35.7 Å². The summed E-state index contributed by atoms with van der Waals surface area (Å²) in [4.78, 5) is 25.1. The Labute approximate surface area is 126 Å². The predicted octanol–water partition coefficient (Wildman–Crippen LogP) is 3.19. The highest BCUT2D eigenvalue weighted by molar-refractivity contribution is 5.90. The fourth-order valence-electron chi connectivity index (χ4n) is 1.77. The first-order valence-electron chi connectivity index (χ1n) is 7.00. The van der Waals surface area contributed by atoms with Gasteiger partial charge in [0, 0.05) is 13.1 Å². The third kappa shape index (κ3) is 6.29. The van der Waals surface area contributed by atoms with Crippen molar-refractivity contribution in [2.75, 3.05) is 7.05 Å². The van der Waals surface area contributed by atoms with E-state index >= 15 is 0 Å². The maximum Gasteiger partial charge on any atom is 0.415 e. The molecule has 1 atom stereocenters. The van der Waals surface area contributed by atoms with Crippen molar-refractivity contribution in [2.24, 2.45) is 0 Å². The summed E-state index contributed by atoms with van der Waals surface area (Å²) in [5.41, 5.74) is 0.514. The van der Waals surface area contributed by atoms with Crippen LogP contribution in [-0.2, 0) is 11.2 Å². The number of amides is 3. The molecule has 1 rings (SSSR count). The third-order valence-electron chi connectivity index (χ3n) is 2.96. The smallest absolute Gasteiger partial charge is 0.415 e. The van der Waals surface area contributed by atoms with E-state index in [1.54, 1.807) is 27.8 Å². The standard InChI is InChI=1S/C16H24N2O3/c1-12(11-13-9-7-6-8-10-13)18(5)14(19)17-15(20)21-16(2,3)4/h6-10,12H,11H2,1-5H3,(H,17,19,20)/t12-/m1/s1. The average Bonchev–Trinajstić information content (AvgIpc) is 2.36. The molecule has 1 aromatic rings. The van der Waals surface area contributed by atoms with Gasteiger partial charge < -0.3 is 9.64 Å². The molecule has 0 unspecified atom stereocenters. The summed E-state index contributed by atoms with van der Waals surface area (Å²) < 4.78 is 5.06. The molecule has 0 aliphatic heterocycles. The Morgan fingerprint density at radius 1 is 1.24 bits per heavy atom. The zero-order valence-corrected chi connectivity index (χ0v) is 13.3. The van der Waals surface area contributed by atoms with Crippen molar-refractivity contribution in [3.05, 3.63) is 35.9 Å². The summed E-state index contributed by atoms with van der Waals surface area (Å²) in [5.74, 6) is 0. The number of imide groups is 1. The molecule has 1 aromatic carbocycles. The number of benzene rings is 1. The molecule has 0 bridgehead atoms. The van der Waals surface area contributed by atoms with E-state index in [9.17, 15) is 9.59 Å². The van der Waals surface area contributed by atoms with Gasteiger partial charge in [-0.3, -0.25) is 0 Å². The Morgan fingerprint density at radius 3 is 2.33 bits per heavy atom. The second-order valence-electron chi connectivity index (χ2n) is 6.08. The quantitative estimate of drug-likeness (QED) is 0.930. The number of ether oxygens (including phenoxy) is 1. The van der Waals surface area contributed by atoms with Crippen molar-refractivity contribution in [1.82, 2.24) is 10.2 Å². The van der Waals surface area contributed by atoms with Gasteiger partial charge in [-0.25, -0.2) is 14.9 Å². The Balaban J connectivity index is 2.52.